The Balaban J connectivity index is 1.38. The lowest BCUT2D eigenvalue weighted by Crippen LogP contribution is -2.38. The molecule has 0 spiro atoms. The van der Waals surface area contributed by atoms with Gasteiger partial charge in [-0.1, -0.05) is 18.2 Å². The molecule has 3 aromatic rings. The number of nitrogens with one attached hydrogen (secondary N) is 1. The predicted octanol–water partition coefficient (Wildman–Crippen LogP) is 5.08. The molecule has 5 nitrogen and oxygen atoms in total. The van der Waals surface area contributed by atoms with Gasteiger partial charge in [0.2, 0.25) is 5.91 Å². The number of aryl methyl sites for hydroxylation is 2. The standard InChI is InChI=1S/C25H32N4O/c1-17(2)29-23-8-6-5-7-22(23)27-24(29)16-28-13-11-20(12-14-28)25(30)26-21-10-9-18(3)19(4)15-21/h5-10,15,17,20H,11-14,16H2,1-4H3,(H,26,30). The molecule has 0 bridgehead atoms. The summed E-state index contributed by atoms with van der Waals surface area (Å²) in [5, 5.41) is 3.11. The minimum absolute atomic E-state index is 0.0757. The average Bonchev–Trinajstić information content (AvgIpc) is 3.09. The monoisotopic (exact) mass is 404 g/mol. The number of carbonyl (C=O) groups is 1. The number of hydrogen-bond donors (Lipinski definition) is 1. The summed E-state index contributed by atoms with van der Waals surface area (Å²) in [5.74, 6) is 1.34. The molecule has 1 aliphatic heterocycles. The van der Waals surface area contributed by atoms with Crippen molar-refractivity contribution in [2.75, 3.05) is 18.4 Å². The molecule has 1 aromatic heterocycles. The SMILES string of the molecule is Cc1ccc(NC(=O)C2CCN(Cc3nc4ccccc4n3C(C)C)CC2)cc1C. The zero-order valence-electron chi connectivity index (χ0n) is 18.5. The number of likely N-dealkylation sites (tertiary alicyclic amines) is 1. The van der Waals surface area contributed by atoms with Crippen LogP contribution < -0.4 is 5.32 Å². The van der Waals surface area contributed by atoms with Gasteiger partial charge in [-0.3, -0.25) is 9.69 Å². The maximum Gasteiger partial charge on any atom is 0.227 e. The van der Waals surface area contributed by atoms with Crippen LogP contribution in [0.15, 0.2) is 42.5 Å². The fourth-order valence-electron chi connectivity index (χ4n) is 4.40. The third-order valence-corrected chi connectivity index (χ3v) is 6.28. The molecule has 0 atom stereocenters. The van der Waals surface area contributed by atoms with Gasteiger partial charge in [0, 0.05) is 17.6 Å². The number of imidazole rings is 1. The molecule has 1 saturated heterocycles. The van der Waals surface area contributed by atoms with Crippen LogP contribution >= 0.6 is 0 Å². The van der Waals surface area contributed by atoms with Crippen LogP contribution in [0.5, 0.6) is 0 Å². The number of rotatable bonds is 5. The molecule has 1 aliphatic rings. The number of carbonyl (C=O) groups excluding carboxylic acids is 1. The number of piperidine rings is 1. The van der Waals surface area contributed by atoms with Gasteiger partial charge in [0.25, 0.3) is 0 Å². The molecule has 2 aromatic carbocycles. The van der Waals surface area contributed by atoms with Crippen LogP contribution in [0, 0.1) is 19.8 Å². The Bertz CT molecular complexity index is 1040. The molecule has 4 rings (SSSR count). The van der Waals surface area contributed by atoms with Gasteiger partial charge in [0.15, 0.2) is 0 Å². The number of fused-ring (bicyclic) bond motifs is 1. The van der Waals surface area contributed by atoms with E-state index >= 15 is 0 Å². The van der Waals surface area contributed by atoms with Crippen molar-refractivity contribution in [1.29, 1.82) is 0 Å². The van der Waals surface area contributed by atoms with Crippen LogP contribution in [0.4, 0.5) is 5.69 Å². The Morgan fingerprint density at radius 1 is 1.10 bits per heavy atom. The lowest BCUT2D eigenvalue weighted by Gasteiger charge is -2.31. The summed E-state index contributed by atoms with van der Waals surface area (Å²) in [5.41, 5.74) is 5.61. The second-order valence-electron chi connectivity index (χ2n) is 8.82. The highest BCUT2D eigenvalue weighted by Gasteiger charge is 2.26. The Hall–Kier alpha value is -2.66. The van der Waals surface area contributed by atoms with E-state index in [-0.39, 0.29) is 11.8 Å². The summed E-state index contributed by atoms with van der Waals surface area (Å²) in [7, 11) is 0. The second-order valence-corrected chi connectivity index (χ2v) is 8.82. The predicted molar refractivity (Wildman–Crippen MR) is 123 cm³/mol. The first-order valence-corrected chi connectivity index (χ1v) is 11.0. The highest BCUT2D eigenvalue weighted by Crippen LogP contribution is 2.25. The fraction of sp³-hybridized carbons (Fsp3) is 0.440. The summed E-state index contributed by atoms with van der Waals surface area (Å²) in [6.07, 6.45) is 1.77. The first-order chi connectivity index (χ1) is 14.4. The van der Waals surface area contributed by atoms with Gasteiger partial charge < -0.3 is 9.88 Å². The van der Waals surface area contributed by atoms with E-state index in [1.807, 2.05) is 12.1 Å². The van der Waals surface area contributed by atoms with Crippen LogP contribution in [-0.2, 0) is 11.3 Å². The van der Waals surface area contributed by atoms with Gasteiger partial charge in [-0.05, 0) is 89.0 Å². The van der Waals surface area contributed by atoms with E-state index in [2.05, 4.69) is 72.8 Å². The van der Waals surface area contributed by atoms with Gasteiger partial charge in [-0.2, -0.15) is 0 Å². The van der Waals surface area contributed by atoms with E-state index in [9.17, 15) is 4.79 Å². The average molecular weight is 405 g/mol. The van der Waals surface area contributed by atoms with Crippen LogP contribution in [0.2, 0.25) is 0 Å². The number of aromatic nitrogens is 2. The molecule has 1 amide bonds. The van der Waals surface area contributed by atoms with Gasteiger partial charge >= 0.3 is 0 Å². The summed E-state index contributed by atoms with van der Waals surface area (Å²) in [6, 6.07) is 14.8. The van der Waals surface area contributed by atoms with Gasteiger partial charge in [0.05, 0.1) is 17.6 Å². The number of nitrogens with zero attached hydrogens (tertiary/aromatic N) is 3. The lowest BCUT2D eigenvalue weighted by atomic mass is 9.95. The molecule has 1 fully saturated rings. The third-order valence-electron chi connectivity index (χ3n) is 6.28. The molecular formula is C25H32N4O. The molecular weight excluding hydrogens is 372 g/mol. The molecule has 2 heterocycles. The van der Waals surface area contributed by atoms with E-state index in [1.165, 1.54) is 16.6 Å². The van der Waals surface area contributed by atoms with Crippen LogP contribution in [-0.4, -0.2) is 33.4 Å². The second kappa shape index (κ2) is 8.60. The van der Waals surface area contributed by atoms with E-state index in [0.717, 1.165) is 49.5 Å². The van der Waals surface area contributed by atoms with E-state index in [1.54, 1.807) is 0 Å². The minimum atomic E-state index is 0.0757. The lowest BCUT2D eigenvalue weighted by molar-refractivity contribution is -0.121. The zero-order chi connectivity index (χ0) is 21.3. The molecule has 0 saturated carbocycles. The Kier molecular flexibility index (Phi) is 5.91. The van der Waals surface area contributed by atoms with Crippen molar-refractivity contribution < 1.29 is 4.79 Å². The molecule has 0 aliphatic carbocycles. The fourth-order valence-corrected chi connectivity index (χ4v) is 4.40. The summed E-state index contributed by atoms with van der Waals surface area (Å²) in [6.45, 7) is 11.3. The van der Waals surface area contributed by atoms with Crippen LogP contribution in [0.25, 0.3) is 11.0 Å². The number of hydrogen-bond acceptors (Lipinski definition) is 3. The first-order valence-electron chi connectivity index (χ1n) is 11.0. The molecule has 158 valence electrons. The molecule has 1 N–H and O–H groups in total. The Labute approximate surface area is 179 Å². The van der Waals surface area contributed by atoms with Crippen molar-refractivity contribution >= 4 is 22.6 Å². The van der Waals surface area contributed by atoms with E-state index in [0.29, 0.717) is 6.04 Å². The molecule has 0 radical (unpaired) electrons. The number of anilines is 1. The maximum absolute atomic E-state index is 12.7. The van der Waals surface area contributed by atoms with Crippen molar-refractivity contribution in [3.05, 3.63) is 59.4 Å². The normalized spacial score (nSPS) is 15.8. The van der Waals surface area contributed by atoms with Crippen LogP contribution in [0.3, 0.4) is 0 Å². The minimum Gasteiger partial charge on any atom is -0.326 e. The number of benzene rings is 2. The van der Waals surface area contributed by atoms with Gasteiger partial charge in [-0.15, -0.1) is 0 Å². The van der Waals surface area contributed by atoms with Gasteiger partial charge in [-0.25, -0.2) is 4.98 Å². The van der Waals surface area contributed by atoms with E-state index < -0.39 is 0 Å². The van der Waals surface area contributed by atoms with Crippen molar-refractivity contribution in [3.63, 3.8) is 0 Å². The summed E-state index contributed by atoms with van der Waals surface area (Å²) < 4.78 is 2.34. The summed E-state index contributed by atoms with van der Waals surface area (Å²) >= 11 is 0. The number of para-hydroxylation sites is 2. The highest BCUT2D eigenvalue weighted by atomic mass is 16.1. The smallest absolute Gasteiger partial charge is 0.227 e. The van der Waals surface area contributed by atoms with Crippen LogP contribution in [0.1, 0.15) is 49.7 Å². The summed E-state index contributed by atoms with van der Waals surface area (Å²) in [4.78, 5) is 20.1. The first kappa shape index (κ1) is 20.6. The Morgan fingerprint density at radius 3 is 2.53 bits per heavy atom. The maximum atomic E-state index is 12.7. The quantitative estimate of drug-likeness (QED) is 0.645. The van der Waals surface area contributed by atoms with Gasteiger partial charge in [0.1, 0.15) is 5.82 Å². The molecule has 0 unspecified atom stereocenters. The number of amides is 1. The van der Waals surface area contributed by atoms with E-state index in [4.69, 9.17) is 4.98 Å². The van der Waals surface area contributed by atoms with Crippen molar-refractivity contribution in [2.24, 2.45) is 5.92 Å². The highest BCUT2D eigenvalue weighted by molar-refractivity contribution is 5.92. The van der Waals surface area contributed by atoms with Crippen molar-refractivity contribution in [2.45, 2.75) is 53.1 Å². The molecule has 30 heavy (non-hydrogen) atoms. The van der Waals surface area contributed by atoms with Crippen molar-refractivity contribution in [3.8, 4) is 0 Å². The van der Waals surface area contributed by atoms with Crippen molar-refractivity contribution in [1.82, 2.24) is 14.5 Å². The largest absolute Gasteiger partial charge is 0.326 e. The topological polar surface area (TPSA) is 50.2 Å². The zero-order valence-corrected chi connectivity index (χ0v) is 18.5. The third kappa shape index (κ3) is 4.26. The Morgan fingerprint density at radius 2 is 1.83 bits per heavy atom. The molecule has 5 heteroatoms.